The number of H-pyrrole nitrogens is 1. The molecule has 1 aliphatic heterocycles. The van der Waals surface area contributed by atoms with Crippen LogP contribution in [-0.2, 0) is 0 Å². The first-order valence-corrected chi connectivity index (χ1v) is 8.18. The Labute approximate surface area is 151 Å². The summed E-state index contributed by atoms with van der Waals surface area (Å²) in [5.74, 6) is 2.98. The first-order valence-electron chi connectivity index (χ1n) is 8.18. The van der Waals surface area contributed by atoms with Gasteiger partial charge in [-0.1, -0.05) is 24.1 Å². The van der Waals surface area contributed by atoms with Gasteiger partial charge < -0.3 is 22.8 Å². The number of nitrogens with one attached hydrogen (secondary N) is 1. The highest BCUT2D eigenvalue weighted by molar-refractivity contribution is 6.35. The van der Waals surface area contributed by atoms with Gasteiger partial charge in [0.25, 0.3) is 0 Å². The number of ether oxygens (including phenoxy) is 1. The maximum atomic E-state index is 13.7. The number of hydrogen-bond acceptors (Lipinski definition) is 1. The van der Waals surface area contributed by atoms with Gasteiger partial charge in [-0.15, -0.1) is 6.42 Å². The lowest BCUT2D eigenvalue weighted by molar-refractivity contribution is -0.341. The zero-order chi connectivity index (χ0) is 18.7. The number of rotatable bonds is 5. The summed E-state index contributed by atoms with van der Waals surface area (Å²) in [7, 11) is -2.65. The van der Waals surface area contributed by atoms with Crippen molar-refractivity contribution >= 4 is 18.7 Å². The third kappa shape index (κ3) is 3.34. The molecule has 131 valence electrons. The maximum Gasteiger partial charge on any atom is 0.609 e. The van der Waals surface area contributed by atoms with Crippen molar-refractivity contribution in [1.29, 1.82) is 0 Å². The predicted molar refractivity (Wildman–Crippen MR) is 100 cm³/mol. The first-order chi connectivity index (χ1) is 12.5. The van der Waals surface area contributed by atoms with E-state index in [1.54, 1.807) is 25.1 Å². The lowest BCUT2D eigenvalue weighted by Crippen LogP contribution is -2.24. The first kappa shape index (κ1) is 17.7. The van der Waals surface area contributed by atoms with Crippen molar-refractivity contribution in [2.75, 3.05) is 6.61 Å². The molecule has 1 N–H and O–H groups in total. The van der Waals surface area contributed by atoms with Gasteiger partial charge in [0.2, 0.25) is 0 Å². The topological polar surface area (TPSA) is 28.0 Å². The molecule has 0 aliphatic carbocycles. The molecule has 3 rings (SSSR count). The van der Waals surface area contributed by atoms with Gasteiger partial charge >= 0.3 is 7.40 Å². The third-order valence-corrected chi connectivity index (χ3v) is 4.14. The van der Waals surface area contributed by atoms with E-state index in [9.17, 15) is 8.63 Å². The summed E-state index contributed by atoms with van der Waals surface area (Å²) in [6.45, 7) is 3.68. The molecule has 0 fully saturated rings. The van der Waals surface area contributed by atoms with Gasteiger partial charge in [-0.05, 0) is 25.1 Å². The molecule has 1 aromatic heterocycles. The van der Waals surface area contributed by atoms with Crippen molar-refractivity contribution in [3.05, 3.63) is 71.2 Å². The largest absolute Gasteiger partial charge is 0.609 e. The Balaban J connectivity index is 2.28. The van der Waals surface area contributed by atoms with Crippen molar-refractivity contribution in [1.82, 2.24) is 4.98 Å². The van der Waals surface area contributed by atoms with E-state index < -0.39 is 7.40 Å². The van der Waals surface area contributed by atoms with Gasteiger partial charge in [-0.25, -0.2) is 0 Å². The fourth-order valence-corrected chi connectivity index (χ4v) is 3.00. The van der Waals surface area contributed by atoms with Crippen LogP contribution in [0.3, 0.4) is 0 Å². The summed E-state index contributed by atoms with van der Waals surface area (Å²) in [5.41, 5.74) is 3.91. The van der Waals surface area contributed by atoms with E-state index in [1.807, 2.05) is 37.3 Å². The fraction of sp³-hybridized carbons (Fsp3) is 0.150. The van der Waals surface area contributed by atoms with Crippen LogP contribution in [0.1, 0.15) is 23.9 Å². The zero-order valence-electron chi connectivity index (χ0n) is 14.6. The molecule has 2 aromatic rings. The maximum absolute atomic E-state index is 13.7. The van der Waals surface area contributed by atoms with E-state index in [1.165, 1.54) is 0 Å². The molecule has 0 saturated heterocycles. The van der Waals surface area contributed by atoms with Crippen LogP contribution in [0, 0.1) is 19.3 Å². The Morgan fingerprint density at radius 1 is 1.19 bits per heavy atom. The van der Waals surface area contributed by atoms with Gasteiger partial charge in [0.05, 0.1) is 11.3 Å². The van der Waals surface area contributed by atoms with E-state index in [0.717, 1.165) is 15.9 Å². The molecule has 6 heteroatoms. The minimum Gasteiger partial charge on any atom is -0.480 e. The van der Waals surface area contributed by atoms with Crippen molar-refractivity contribution in [3.8, 4) is 18.1 Å². The van der Waals surface area contributed by atoms with Crippen molar-refractivity contribution in [2.24, 2.45) is 0 Å². The van der Waals surface area contributed by atoms with E-state index >= 15 is 0 Å². The molecule has 0 amide bonds. The summed E-state index contributed by atoms with van der Waals surface area (Å²) in [6.07, 6.45) is 8.69. The summed E-state index contributed by atoms with van der Waals surface area (Å²) < 4.78 is 34.1. The molecule has 0 atom stereocenters. The number of allylic oxidation sites excluding steroid dienone is 2. The van der Waals surface area contributed by atoms with Crippen LogP contribution in [0.4, 0.5) is 8.63 Å². The average molecular weight is 351 g/mol. The standard InChI is InChI=1S/C20H18BF2N2O/c1-4-13-26-19-8-6-5-7-16(19)20(17-11-9-14(2)24-17)18-12-10-15(3)25(18)21(22)23/h1,5-12,24H,13H2,2-3H3/b20-18-. The number of aromatic nitrogens is 1. The number of aromatic amines is 1. The number of para-hydroxylation sites is 1. The van der Waals surface area contributed by atoms with E-state index in [2.05, 4.69) is 10.9 Å². The predicted octanol–water partition coefficient (Wildman–Crippen LogP) is 4.06. The number of aryl methyl sites for hydroxylation is 1. The Morgan fingerprint density at radius 3 is 2.62 bits per heavy atom. The Hall–Kier alpha value is -3.07. The van der Waals surface area contributed by atoms with Gasteiger partial charge in [0.15, 0.2) is 5.70 Å². The molecule has 1 radical (unpaired) electrons. The second-order valence-electron chi connectivity index (χ2n) is 5.93. The minimum atomic E-state index is -2.65. The molecule has 3 nitrogen and oxygen atoms in total. The smallest absolute Gasteiger partial charge is 0.480 e. The van der Waals surface area contributed by atoms with Crippen LogP contribution < -0.4 is 4.74 Å². The van der Waals surface area contributed by atoms with Crippen molar-refractivity contribution in [2.45, 2.75) is 13.8 Å². The molecule has 0 spiro atoms. The molecule has 0 unspecified atom stereocenters. The monoisotopic (exact) mass is 351 g/mol. The van der Waals surface area contributed by atoms with Gasteiger partial charge in [-0.2, -0.15) is 0 Å². The molecular formula is C20H18BF2N2O. The van der Waals surface area contributed by atoms with Crippen LogP contribution in [0.2, 0.25) is 0 Å². The average Bonchev–Trinajstić information content (AvgIpc) is 3.20. The molecule has 1 aliphatic rings. The highest BCUT2D eigenvalue weighted by Crippen LogP contribution is 2.35. The quantitative estimate of drug-likeness (QED) is 0.639. The van der Waals surface area contributed by atoms with E-state index in [0.29, 0.717) is 28.3 Å². The molecule has 26 heavy (non-hydrogen) atoms. The summed E-state index contributed by atoms with van der Waals surface area (Å²) in [4.78, 5) is 3.24. The summed E-state index contributed by atoms with van der Waals surface area (Å²) in [6, 6.07) is 11.1. The fourth-order valence-electron chi connectivity index (χ4n) is 3.00. The summed E-state index contributed by atoms with van der Waals surface area (Å²) >= 11 is 0. The van der Waals surface area contributed by atoms with E-state index in [4.69, 9.17) is 11.2 Å². The van der Waals surface area contributed by atoms with Gasteiger partial charge in [0, 0.05) is 30.3 Å². The number of hydrogen-bond donors (Lipinski definition) is 1. The zero-order valence-corrected chi connectivity index (χ0v) is 14.6. The highest BCUT2D eigenvalue weighted by Gasteiger charge is 2.29. The lowest BCUT2D eigenvalue weighted by atomic mass is 9.97. The van der Waals surface area contributed by atoms with Crippen LogP contribution in [0.5, 0.6) is 5.75 Å². The summed E-state index contributed by atoms with van der Waals surface area (Å²) in [5, 5.41) is 0. The second-order valence-corrected chi connectivity index (χ2v) is 5.93. The number of terminal acetylenes is 1. The molecule has 2 heterocycles. The van der Waals surface area contributed by atoms with Crippen molar-refractivity contribution < 1.29 is 17.9 Å². The molecule has 1 aromatic carbocycles. The number of halogens is 2. The SMILES string of the molecule is C#CCOc1ccccc1/C(=C1\C=CC(C)=[N+]1[B-](F)F)c1ccc(C)[nH]1. The highest BCUT2D eigenvalue weighted by atomic mass is 19.2. The molecular weight excluding hydrogens is 333 g/mol. The Bertz CT molecular complexity index is 964. The van der Waals surface area contributed by atoms with Crippen LogP contribution in [0.15, 0.2) is 54.2 Å². The third-order valence-electron chi connectivity index (χ3n) is 4.14. The van der Waals surface area contributed by atoms with Gasteiger partial charge in [0.1, 0.15) is 18.1 Å². The van der Waals surface area contributed by atoms with Gasteiger partial charge in [-0.3, -0.25) is 0 Å². The van der Waals surface area contributed by atoms with Crippen LogP contribution >= 0.6 is 0 Å². The second kappa shape index (κ2) is 7.44. The normalized spacial score (nSPS) is 15.5. The Kier molecular flexibility index (Phi) is 5.08. The molecule has 0 saturated carbocycles. The lowest BCUT2D eigenvalue weighted by Gasteiger charge is -2.17. The number of nitrogens with zero attached hydrogens (tertiary/aromatic N) is 1. The Morgan fingerprint density at radius 2 is 1.96 bits per heavy atom. The van der Waals surface area contributed by atoms with E-state index in [-0.39, 0.29) is 6.61 Å². The van der Waals surface area contributed by atoms with Crippen molar-refractivity contribution in [3.63, 3.8) is 0 Å². The van der Waals surface area contributed by atoms with Crippen LogP contribution in [0.25, 0.3) is 5.57 Å². The van der Waals surface area contributed by atoms with Crippen LogP contribution in [-0.4, -0.2) is 29.2 Å². The number of benzene rings is 1. The molecule has 0 bridgehead atoms. The minimum absolute atomic E-state index is 0.100.